The highest BCUT2D eigenvalue weighted by atomic mass is 35.5. The molecular weight excluding hydrogens is 298 g/mol. The average Bonchev–Trinajstić information content (AvgIpc) is 2.96. The Hall–Kier alpha value is -1.35. The summed E-state index contributed by atoms with van der Waals surface area (Å²) in [7, 11) is 0. The molecule has 0 aliphatic rings. The molecule has 1 unspecified atom stereocenters. The van der Waals surface area contributed by atoms with Crippen LogP contribution < -0.4 is 5.32 Å². The van der Waals surface area contributed by atoms with Gasteiger partial charge in [-0.3, -0.25) is 0 Å². The van der Waals surface area contributed by atoms with Gasteiger partial charge in [0.05, 0.1) is 6.04 Å². The molecule has 0 aliphatic heterocycles. The van der Waals surface area contributed by atoms with Crippen LogP contribution in [0.3, 0.4) is 0 Å². The fourth-order valence-electron chi connectivity index (χ4n) is 2.70. The largest absolute Gasteiger partial charge is 0.306 e. The van der Waals surface area contributed by atoms with Crippen LogP contribution in [0.2, 0.25) is 5.02 Å². The van der Waals surface area contributed by atoms with E-state index in [2.05, 4.69) is 60.9 Å². The van der Waals surface area contributed by atoms with Gasteiger partial charge in [0, 0.05) is 9.72 Å². The van der Waals surface area contributed by atoms with Crippen molar-refractivity contribution in [2.75, 3.05) is 6.54 Å². The predicted octanol–water partition coefficient (Wildman–Crippen LogP) is 5.56. The molecule has 108 valence electrons. The van der Waals surface area contributed by atoms with Crippen LogP contribution in [0.1, 0.15) is 29.7 Å². The van der Waals surface area contributed by atoms with E-state index in [4.69, 9.17) is 11.6 Å². The Kier molecular flexibility index (Phi) is 4.29. The Labute approximate surface area is 134 Å². The second kappa shape index (κ2) is 6.18. The standard InChI is InChI=1S/C18H18ClNS/c1-3-20-17(14-7-8-16(19)12(2)11-14)15-6-4-5-13-9-10-21-18(13)15/h4-11,17,20H,3H2,1-2H3. The SMILES string of the molecule is CCNC(c1ccc(Cl)c(C)c1)c1cccc2ccsc12. The summed E-state index contributed by atoms with van der Waals surface area (Å²) in [4.78, 5) is 0. The molecule has 3 heteroatoms. The highest BCUT2D eigenvalue weighted by Gasteiger charge is 2.16. The van der Waals surface area contributed by atoms with Crippen molar-refractivity contribution in [3.05, 3.63) is 69.6 Å². The molecule has 1 aromatic heterocycles. The minimum atomic E-state index is 0.202. The van der Waals surface area contributed by atoms with Gasteiger partial charge in [0.25, 0.3) is 0 Å². The van der Waals surface area contributed by atoms with Crippen molar-refractivity contribution >= 4 is 33.0 Å². The third kappa shape index (κ3) is 2.84. The lowest BCUT2D eigenvalue weighted by Crippen LogP contribution is -2.22. The first-order chi connectivity index (χ1) is 10.2. The average molecular weight is 316 g/mol. The highest BCUT2D eigenvalue weighted by Crippen LogP contribution is 2.33. The molecule has 0 radical (unpaired) electrons. The molecule has 0 aliphatic carbocycles. The van der Waals surface area contributed by atoms with Crippen LogP contribution in [0.25, 0.3) is 10.1 Å². The van der Waals surface area contributed by atoms with Crippen LogP contribution in [0, 0.1) is 6.92 Å². The van der Waals surface area contributed by atoms with E-state index >= 15 is 0 Å². The van der Waals surface area contributed by atoms with Gasteiger partial charge in [-0.15, -0.1) is 11.3 Å². The first-order valence-corrected chi connectivity index (χ1v) is 8.42. The molecule has 2 aromatic carbocycles. The number of nitrogens with one attached hydrogen (secondary N) is 1. The van der Waals surface area contributed by atoms with E-state index in [0.29, 0.717) is 0 Å². The number of aryl methyl sites for hydroxylation is 1. The minimum Gasteiger partial charge on any atom is -0.306 e. The zero-order chi connectivity index (χ0) is 14.8. The molecule has 21 heavy (non-hydrogen) atoms. The Balaban J connectivity index is 2.13. The molecule has 0 bridgehead atoms. The molecule has 0 amide bonds. The molecule has 1 N–H and O–H groups in total. The van der Waals surface area contributed by atoms with Crippen molar-refractivity contribution in [3.63, 3.8) is 0 Å². The van der Waals surface area contributed by atoms with E-state index in [1.165, 1.54) is 21.2 Å². The van der Waals surface area contributed by atoms with Crippen LogP contribution in [0.4, 0.5) is 0 Å². The number of rotatable bonds is 4. The summed E-state index contributed by atoms with van der Waals surface area (Å²) in [5, 5.41) is 7.90. The van der Waals surface area contributed by atoms with Gasteiger partial charge in [0.1, 0.15) is 0 Å². The zero-order valence-corrected chi connectivity index (χ0v) is 13.8. The predicted molar refractivity (Wildman–Crippen MR) is 93.5 cm³/mol. The lowest BCUT2D eigenvalue weighted by Gasteiger charge is -2.20. The number of benzene rings is 2. The van der Waals surface area contributed by atoms with Crippen molar-refractivity contribution < 1.29 is 0 Å². The summed E-state index contributed by atoms with van der Waals surface area (Å²) < 4.78 is 1.36. The van der Waals surface area contributed by atoms with Gasteiger partial charge in [-0.2, -0.15) is 0 Å². The van der Waals surface area contributed by atoms with Gasteiger partial charge >= 0.3 is 0 Å². The quantitative estimate of drug-likeness (QED) is 0.664. The number of hydrogen-bond acceptors (Lipinski definition) is 2. The van der Waals surface area contributed by atoms with Crippen molar-refractivity contribution in [3.8, 4) is 0 Å². The molecule has 3 aromatic rings. The molecule has 0 saturated carbocycles. The van der Waals surface area contributed by atoms with Crippen molar-refractivity contribution in [2.24, 2.45) is 0 Å². The summed E-state index contributed by atoms with van der Waals surface area (Å²) in [6.45, 7) is 5.12. The maximum Gasteiger partial charge on any atom is 0.0590 e. The van der Waals surface area contributed by atoms with Crippen LogP contribution in [0.15, 0.2) is 47.8 Å². The number of thiophene rings is 1. The topological polar surface area (TPSA) is 12.0 Å². The van der Waals surface area contributed by atoms with Crippen molar-refractivity contribution in [2.45, 2.75) is 19.9 Å². The highest BCUT2D eigenvalue weighted by molar-refractivity contribution is 7.17. The van der Waals surface area contributed by atoms with Crippen LogP contribution >= 0.6 is 22.9 Å². The minimum absolute atomic E-state index is 0.202. The first-order valence-electron chi connectivity index (χ1n) is 7.16. The summed E-state index contributed by atoms with van der Waals surface area (Å²) in [6, 6.07) is 15.2. The second-order valence-corrected chi connectivity index (χ2v) is 6.51. The molecule has 1 atom stereocenters. The Bertz CT molecular complexity index is 763. The maximum absolute atomic E-state index is 6.17. The number of halogens is 1. The van der Waals surface area contributed by atoms with Crippen LogP contribution in [-0.2, 0) is 0 Å². The summed E-state index contributed by atoms with van der Waals surface area (Å²) in [5.74, 6) is 0. The summed E-state index contributed by atoms with van der Waals surface area (Å²) in [6.07, 6.45) is 0. The van der Waals surface area contributed by atoms with Gasteiger partial charge in [0.2, 0.25) is 0 Å². The van der Waals surface area contributed by atoms with Gasteiger partial charge in [-0.05, 0) is 53.1 Å². The summed E-state index contributed by atoms with van der Waals surface area (Å²) >= 11 is 7.97. The molecule has 0 fully saturated rings. The normalized spacial score (nSPS) is 12.7. The Morgan fingerprint density at radius 2 is 2.05 bits per heavy atom. The van der Waals surface area contributed by atoms with Gasteiger partial charge < -0.3 is 5.32 Å². The van der Waals surface area contributed by atoms with Crippen molar-refractivity contribution in [1.29, 1.82) is 0 Å². The molecule has 0 saturated heterocycles. The third-order valence-corrected chi connectivity index (χ3v) is 5.15. The fourth-order valence-corrected chi connectivity index (χ4v) is 3.76. The monoisotopic (exact) mass is 315 g/mol. The second-order valence-electron chi connectivity index (χ2n) is 5.19. The molecule has 0 spiro atoms. The van der Waals surface area contributed by atoms with E-state index in [-0.39, 0.29) is 6.04 Å². The zero-order valence-electron chi connectivity index (χ0n) is 12.2. The van der Waals surface area contributed by atoms with E-state index in [1.807, 2.05) is 6.07 Å². The molecule has 3 rings (SSSR count). The van der Waals surface area contributed by atoms with E-state index in [9.17, 15) is 0 Å². The van der Waals surface area contributed by atoms with E-state index in [0.717, 1.165) is 17.1 Å². The van der Waals surface area contributed by atoms with Gasteiger partial charge in [0.15, 0.2) is 0 Å². The number of hydrogen-bond donors (Lipinski definition) is 1. The van der Waals surface area contributed by atoms with Gasteiger partial charge in [-0.1, -0.05) is 48.9 Å². The maximum atomic E-state index is 6.17. The lowest BCUT2D eigenvalue weighted by molar-refractivity contribution is 0.634. The van der Waals surface area contributed by atoms with Crippen molar-refractivity contribution in [1.82, 2.24) is 5.32 Å². The number of fused-ring (bicyclic) bond motifs is 1. The lowest BCUT2D eigenvalue weighted by atomic mass is 9.96. The Morgan fingerprint density at radius 3 is 2.81 bits per heavy atom. The third-order valence-electron chi connectivity index (χ3n) is 3.74. The Morgan fingerprint density at radius 1 is 1.19 bits per heavy atom. The molecule has 1 heterocycles. The molecular formula is C18H18ClNS. The van der Waals surface area contributed by atoms with Crippen LogP contribution in [0.5, 0.6) is 0 Å². The summed E-state index contributed by atoms with van der Waals surface area (Å²) in [5.41, 5.74) is 3.72. The smallest absolute Gasteiger partial charge is 0.0590 e. The first kappa shape index (κ1) is 14.6. The van der Waals surface area contributed by atoms with E-state index in [1.54, 1.807) is 11.3 Å². The molecule has 1 nitrogen and oxygen atoms in total. The van der Waals surface area contributed by atoms with Crippen LogP contribution in [-0.4, -0.2) is 6.54 Å². The van der Waals surface area contributed by atoms with Gasteiger partial charge in [-0.25, -0.2) is 0 Å². The fraction of sp³-hybridized carbons (Fsp3) is 0.222. The van der Waals surface area contributed by atoms with E-state index < -0.39 is 0 Å².